The SMILES string of the molecule is CCCCNC(=O)C(CC)N(Cc1cccc(C)c1)C(=O)CSc1ccc(Cl)cc1. The Kier molecular flexibility index (Phi) is 10.2. The average Bonchev–Trinajstić information content (AvgIpc) is 2.73. The summed E-state index contributed by atoms with van der Waals surface area (Å²) in [5, 5.41) is 3.66. The molecular weight excluding hydrogens is 416 g/mol. The van der Waals surface area contributed by atoms with Gasteiger partial charge in [0, 0.05) is 23.0 Å². The molecule has 1 unspecified atom stereocenters. The van der Waals surface area contributed by atoms with Gasteiger partial charge in [-0.1, -0.05) is 61.7 Å². The lowest BCUT2D eigenvalue weighted by atomic mass is 10.1. The molecule has 2 amide bonds. The van der Waals surface area contributed by atoms with Crippen LogP contribution in [-0.4, -0.2) is 35.1 Å². The molecule has 0 fully saturated rings. The van der Waals surface area contributed by atoms with Crippen molar-refractivity contribution in [2.24, 2.45) is 0 Å². The van der Waals surface area contributed by atoms with Crippen LogP contribution in [0.4, 0.5) is 0 Å². The molecule has 30 heavy (non-hydrogen) atoms. The summed E-state index contributed by atoms with van der Waals surface area (Å²) in [5.74, 6) is 0.143. The molecular formula is C24H31ClN2O2S. The second-order valence-electron chi connectivity index (χ2n) is 7.32. The molecule has 1 atom stereocenters. The van der Waals surface area contributed by atoms with E-state index in [4.69, 9.17) is 11.6 Å². The molecule has 2 rings (SSSR count). The van der Waals surface area contributed by atoms with E-state index in [9.17, 15) is 9.59 Å². The van der Waals surface area contributed by atoms with Crippen LogP contribution in [0.25, 0.3) is 0 Å². The van der Waals surface area contributed by atoms with E-state index in [1.807, 2.05) is 56.3 Å². The van der Waals surface area contributed by atoms with Gasteiger partial charge in [0.05, 0.1) is 5.75 Å². The zero-order valence-corrected chi connectivity index (χ0v) is 19.6. The lowest BCUT2D eigenvalue weighted by Crippen LogP contribution is -2.49. The third-order valence-electron chi connectivity index (χ3n) is 4.83. The van der Waals surface area contributed by atoms with E-state index in [-0.39, 0.29) is 17.6 Å². The summed E-state index contributed by atoms with van der Waals surface area (Å²) in [7, 11) is 0. The fourth-order valence-corrected chi connectivity index (χ4v) is 4.10. The van der Waals surface area contributed by atoms with E-state index in [1.165, 1.54) is 11.8 Å². The Morgan fingerprint density at radius 2 is 1.87 bits per heavy atom. The number of benzene rings is 2. The predicted molar refractivity (Wildman–Crippen MR) is 126 cm³/mol. The van der Waals surface area contributed by atoms with Gasteiger partial charge in [0.2, 0.25) is 11.8 Å². The van der Waals surface area contributed by atoms with Crippen molar-refractivity contribution in [3.63, 3.8) is 0 Å². The van der Waals surface area contributed by atoms with Gasteiger partial charge >= 0.3 is 0 Å². The lowest BCUT2D eigenvalue weighted by molar-refractivity contribution is -0.139. The van der Waals surface area contributed by atoms with Crippen molar-refractivity contribution in [3.05, 3.63) is 64.7 Å². The predicted octanol–water partition coefficient (Wildman–Crippen LogP) is 5.46. The smallest absolute Gasteiger partial charge is 0.242 e. The van der Waals surface area contributed by atoms with Crippen molar-refractivity contribution < 1.29 is 9.59 Å². The summed E-state index contributed by atoms with van der Waals surface area (Å²) >= 11 is 7.41. The van der Waals surface area contributed by atoms with E-state index < -0.39 is 6.04 Å². The maximum Gasteiger partial charge on any atom is 0.242 e. The minimum atomic E-state index is -0.485. The fourth-order valence-electron chi connectivity index (χ4n) is 3.19. The molecule has 2 aromatic rings. The molecule has 1 N–H and O–H groups in total. The first-order valence-corrected chi connectivity index (χ1v) is 11.8. The Hall–Kier alpha value is -1.98. The maximum absolute atomic E-state index is 13.2. The number of carbonyl (C=O) groups is 2. The molecule has 0 spiro atoms. The molecule has 0 aliphatic rings. The molecule has 0 aliphatic heterocycles. The summed E-state index contributed by atoms with van der Waals surface area (Å²) in [4.78, 5) is 28.7. The van der Waals surface area contributed by atoms with Crippen molar-refractivity contribution in [1.82, 2.24) is 10.2 Å². The van der Waals surface area contributed by atoms with Gasteiger partial charge in [0.25, 0.3) is 0 Å². The highest BCUT2D eigenvalue weighted by molar-refractivity contribution is 8.00. The van der Waals surface area contributed by atoms with Gasteiger partial charge < -0.3 is 10.2 Å². The molecule has 2 aromatic carbocycles. The van der Waals surface area contributed by atoms with Crippen molar-refractivity contribution >= 4 is 35.2 Å². The van der Waals surface area contributed by atoms with Gasteiger partial charge in [-0.2, -0.15) is 0 Å². The summed E-state index contributed by atoms with van der Waals surface area (Å²) in [5.41, 5.74) is 2.16. The van der Waals surface area contributed by atoms with Gasteiger partial charge in [0.1, 0.15) is 6.04 Å². The number of thioether (sulfide) groups is 1. The highest BCUT2D eigenvalue weighted by atomic mass is 35.5. The maximum atomic E-state index is 13.2. The largest absolute Gasteiger partial charge is 0.354 e. The standard InChI is InChI=1S/C24H31ClN2O2S/c1-4-6-14-26-24(29)22(5-2)27(16-19-9-7-8-18(3)15-19)23(28)17-30-21-12-10-20(25)11-13-21/h7-13,15,22H,4-6,14,16-17H2,1-3H3,(H,26,29). The molecule has 0 aromatic heterocycles. The molecule has 0 heterocycles. The summed E-state index contributed by atoms with van der Waals surface area (Å²) in [6.45, 7) is 7.12. The Bertz CT molecular complexity index is 826. The number of aryl methyl sites for hydroxylation is 1. The number of unbranched alkanes of at least 4 members (excludes halogenated alkanes) is 1. The number of hydrogen-bond acceptors (Lipinski definition) is 3. The molecule has 0 radical (unpaired) electrons. The molecule has 0 saturated carbocycles. The van der Waals surface area contributed by atoms with Crippen molar-refractivity contribution in [2.75, 3.05) is 12.3 Å². The van der Waals surface area contributed by atoms with Crippen molar-refractivity contribution in [3.8, 4) is 0 Å². The second kappa shape index (κ2) is 12.7. The highest BCUT2D eigenvalue weighted by Gasteiger charge is 2.28. The molecule has 6 heteroatoms. The number of amides is 2. The Labute approximate surface area is 189 Å². The minimum absolute atomic E-state index is 0.0473. The zero-order valence-electron chi connectivity index (χ0n) is 18.0. The first kappa shape index (κ1) is 24.3. The topological polar surface area (TPSA) is 49.4 Å². The molecule has 162 valence electrons. The van der Waals surface area contributed by atoms with E-state index in [0.717, 1.165) is 28.9 Å². The third-order valence-corrected chi connectivity index (χ3v) is 6.08. The molecule has 4 nitrogen and oxygen atoms in total. The van der Waals surface area contributed by atoms with Crippen LogP contribution in [0.3, 0.4) is 0 Å². The Morgan fingerprint density at radius 1 is 1.13 bits per heavy atom. The highest BCUT2D eigenvalue weighted by Crippen LogP contribution is 2.22. The van der Waals surface area contributed by atoms with Crippen molar-refractivity contribution in [2.45, 2.75) is 57.5 Å². The van der Waals surface area contributed by atoms with Crippen LogP contribution >= 0.6 is 23.4 Å². The fraction of sp³-hybridized carbons (Fsp3) is 0.417. The second-order valence-corrected chi connectivity index (χ2v) is 8.81. The van der Waals surface area contributed by atoms with Crippen LogP contribution in [0.2, 0.25) is 5.02 Å². The van der Waals surface area contributed by atoms with E-state index in [0.29, 0.717) is 24.5 Å². The van der Waals surface area contributed by atoms with E-state index in [1.54, 1.807) is 4.90 Å². The normalized spacial score (nSPS) is 11.7. The van der Waals surface area contributed by atoms with Gasteiger partial charge in [0.15, 0.2) is 0 Å². The van der Waals surface area contributed by atoms with Crippen LogP contribution in [-0.2, 0) is 16.1 Å². The van der Waals surface area contributed by atoms with Gasteiger partial charge in [-0.3, -0.25) is 9.59 Å². The quantitative estimate of drug-likeness (QED) is 0.368. The monoisotopic (exact) mass is 446 g/mol. The number of nitrogens with one attached hydrogen (secondary N) is 1. The number of halogens is 1. The van der Waals surface area contributed by atoms with Gasteiger partial charge in [-0.25, -0.2) is 0 Å². The van der Waals surface area contributed by atoms with Crippen LogP contribution in [0.15, 0.2) is 53.4 Å². The average molecular weight is 447 g/mol. The molecule has 0 saturated heterocycles. The Morgan fingerprint density at radius 3 is 2.50 bits per heavy atom. The molecule has 0 aliphatic carbocycles. The lowest BCUT2D eigenvalue weighted by Gasteiger charge is -2.30. The van der Waals surface area contributed by atoms with Crippen LogP contribution in [0.5, 0.6) is 0 Å². The Balaban J connectivity index is 2.16. The summed E-state index contributed by atoms with van der Waals surface area (Å²) in [6, 6.07) is 15.0. The third kappa shape index (κ3) is 7.69. The van der Waals surface area contributed by atoms with Crippen LogP contribution in [0, 0.1) is 6.92 Å². The van der Waals surface area contributed by atoms with E-state index >= 15 is 0 Å². The van der Waals surface area contributed by atoms with Crippen molar-refractivity contribution in [1.29, 1.82) is 0 Å². The number of rotatable bonds is 11. The number of carbonyl (C=O) groups excluding carboxylic acids is 2. The van der Waals surface area contributed by atoms with Gasteiger partial charge in [-0.15, -0.1) is 11.8 Å². The first-order valence-electron chi connectivity index (χ1n) is 10.5. The number of hydrogen-bond donors (Lipinski definition) is 1. The zero-order chi connectivity index (χ0) is 21.9. The minimum Gasteiger partial charge on any atom is -0.354 e. The van der Waals surface area contributed by atoms with Gasteiger partial charge in [-0.05, 0) is 49.6 Å². The number of nitrogens with zero attached hydrogens (tertiary/aromatic N) is 1. The van der Waals surface area contributed by atoms with Crippen LogP contribution < -0.4 is 5.32 Å². The summed E-state index contributed by atoms with van der Waals surface area (Å²) in [6.07, 6.45) is 2.52. The van der Waals surface area contributed by atoms with Crippen LogP contribution in [0.1, 0.15) is 44.2 Å². The first-order chi connectivity index (χ1) is 14.4. The molecule has 0 bridgehead atoms. The van der Waals surface area contributed by atoms with E-state index in [2.05, 4.69) is 18.3 Å². The summed E-state index contributed by atoms with van der Waals surface area (Å²) < 4.78 is 0.